The summed E-state index contributed by atoms with van der Waals surface area (Å²) in [5.74, 6) is 0.790. The van der Waals surface area contributed by atoms with E-state index in [1.165, 1.54) is 19.2 Å². The Morgan fingerprint density at radius 3 is 2.71 bits per heavy atom. The number of nitrogens with zero attached hydrogens (tertiary/aromatic N) is 2. The predicted octanol–water partition coefficient (Wildman–Crippen LogP) is 3.68. The summed E-state index contributed by atoms with van der Waals surface area (Å²) in [7, 11) is 1.53. The second-order valence-corrected chi connectivity index (χ2v) is 4.87. The largest absolute Gasteiger partial charge is 0.496 e. The van der Waals surface area contributed by atoms with Gasteiger partial charge >= 0.3 is 0 Å². The van der Waals surface area contributed by atoms with Crippen molar-refractivity contribution in [2.75, 3.05) is 12.8 Å². The first-order valence-corrected chi connectivity index (χ1v) is 6.53. The van der Waals surface area contributed by atoms with Gasteiger partial charge in [-0.2, -0.15) is 0 Å². The van der Waals surface area contributed by atoms with E-state index in [-0.39, 0.29) is 11.6 Å². The standard InChI is InChI=1S/C15H11ClFN3O/c1-21-13-6-8(16)2-4-11(13)15-19-12-7-9(17)3-5-10(12)14(18)20-15/h2-7H,1H3,(H2,18,19,20). The molecule has 3 aromatic rings. The molecule has 6 heteroatoms. The number of halogens is 2. The molecule has 21 heavy (non-hydrogen) atoms. The summed E-state index contributed by atoms with van der Waals surface area (Å²) in [4.78, 5) is 8.61. The van der Waals surface area contributed by atoms with Crippen LogP contribution in [-0.4, -0.2) is 17.1 Å². The summed E-state index contributed by atoms with van der Waals surface area (Å²) in [5, 5.41) is 1.14. The van der Waals surface area contributed by atoms with Crippen LogP contribution in [0.2, 0.25) is 5.02 Å². The fourth-order valence-corrected chi connectivity index (χ4v) is 2.26. The summed E-state index contributed by atoms with van der Waals surface area (Å²) >= 11 is 5.94. The van der Waals surface area contributed by atoms with E-state index in [4.69, 9.17) is 22.1 Å². The molecule has 2 aromatic carbocycles. The Hall–Kier alpha value is -2.40. The number of hydrogen-bond acceptors (Lipinski definition) is 4. The van der Waals surface area contributed by atoms with E-state index >= 15 is 0 Å². The highest BCUT2D eigenvalue weighted by Gasteiger charge is 2.12. The summed E-state index contributed by atoms with van der Waals surface area (Å²) in [6.45, 7) is 0. The molecule has 0 bridgehead atoms. The quantitative estimate of drug-likeness (QED) is 0.784. The fourth-order valence-electron chi connectivity index (χ4n) is 2.10. The van der Waals surface area contributed by atoms with Gasteiger partial charge in [-0.3, -0.25) is 0 Å². The maximum atomic E-state index is 13.4. The van der Waals surface area contributed by atoms with Gasteiger partial charge in [0.15, 0.2) is 5.82 Å². The maximum absolute atomic E-state index is 13.4. The number of ether oxygens (including phenoxy) is 1. The Bertz CT molecular complexity index is 839. The molecule has 0 unspecified atom stereocenters. The second kappa shape index (κ2) is 5.18. The lowest BCUT2D eigenvalue weighted by Crippen LogP contribution is -1.99. The van der Waals surface area contributed by atoms with E-state index < -0.39 is 0 Å². The van der Waals surface area contributed by atoms with Crippen LogP contribution in [0.25, 0.3) is 22.3 Å². The molecule has 3 rings (SSSR count). The lowest BCUT2D eigenvalue weighted by atomic mass is 10.1. The van der Waals surface area contributed by atoms with Gasteiger partial charge in [-0.25, -0.2) is 14.4 Å². The van der Waals surface area contributed by atoms with Crippen LogP contribution < -0.4 is 10.5 Å². The molecule has 0 aliphatic rings. The molecule has 0 saturated heterocycles. The van der Waals surface area contributed by atoms with Crippen LogP contribution in [0.15, 0.2) is 36.4 Å². The number of fused-ring (bicyclic) bond motifs is 1. The van der Waals surface area contributed by atoms with Crippen LogP contribution in [0.1, 0.15) is 0 Å². The monoisotopic (exact) mass is 303 g/mol. The maximum Gasteiger partial charge on any atom is 0.165 e. The Balaban J connectivity index is 2.25. The number of rotatable bonds is 2. The molecule has 0 spiro atoms. The van der Waals surface area contributed by atoms with Crippen molar-refractivity contribution in [2.24, 2.45) is 0 Å². The van der Waals surface area contributed by atoms with E-state index in [0.717, 1.165) is 0 Å². The zero-order chi connectivity index (χ0) is 15.0. The van der Waals surface area contributed by atoms with Gasteiger partial charge in [0.2, 0.25) is 0 Å². The van der Waals surface area contributed by atoms with E-state index in [1.807, 2.05) is 0 Å². The SMILES string of the molecule is COc1cc(Cl)ccc1-c1nc(N)c2ccc(F)cc2n1. The van der Waals surface area contributed by atoms with E-state index in [0.29, 0.717) is 33.1 Å². The molecule has 1 heterocycles. The van der Waals surface area contributed by atoms with Crippen molar-refractivity contribution in [1.82, 2.24) is 9.97 Å². The molecule has 1 aromatic heterocycles. The van der Waals surface area contributed by atoms with Crippen molar-refractivity contribution in [2.45, 2.75) is 0 Å². The lowest BCUT2D eigenvalue weighted by molar-refractivity contribution is 0.416. The number of nitrogen functional groups attached to an aromatic ring is 1. The normalized spacial score (nSPS) is 10.8. The highest BCUT2D eigenvalue weighted by atomic mass is 35.5. The molecule has 0 radical (unpaired) electrons. The topological polar surface area (TPSA) is 61.0 Å². The molecule has 0 amide bonds. The van der Waals surface area contributed by atoms with Gasteiger partial charge in [-0.1, -0.05) is 11.6 Å². The van der Waals surface area contributed by atoms with E-state index in [1.54, 1.807) is 24.3 Å². The smallest absolute Gasteiger partial charge is 0.165 e. The van der Waals surface area contributed by atoms with Gasteiger partial charge in [-0.15, -0.1) is 0 Å². The van der Waals surface area contributed by atoms with Crippen molar-refractivity contribution >= 4 is 28.3 Å². The minimum absolute atomic E-state index is 0.284. The number of nitrogens with two attached hydrogens (primary N) is 1. The predicted molar refractivity (Wildman–Crippen MR) is 80.9 cm³/mol. The summed E-state index contributed by atoms with van der Waals surface area (Å²) in [6, 6.07) is 9.30. The van der Waals surface area contributed by atoms with Crippen LogP contribution in [0.3, 0.4) is 0 Å². The molecular formula is C15H11ClFN3O. The number of anilines is 1. The Labute approximate surface area is 125 Å². The minimum atomic E-state index is -0.380. The van der Waals surface area contributed by atoms with Crippen molar-refractivity contribution in [3.8, 4) is 17.1 Å². The van der Waals surface area contributed by atoms with Crippen LogP contribution in [-0.2, 0) is 0 Å². The third-order valence-electron chi connectivity index (χ3n) is 3.09. The molecular weight excluding hydrogens is 293 g/mol. The minimum Gasteiger partial charge on any atom is -0.496 e. The Morgan fingerprint density at radius 2 is 1.95 bits per heavy atom. The van der Waals surface area contributed by atoms with Crippen LogP contribution >= 0.6 is 11.6 Å². The Kier molecular flexibility index (Phi) is 3.35. The van der Waals surface area contributed by atoms with E-state index in [9.17, 15) is 4.39 Å². The highest BCUT2D eigenvalue weighted by molar-refractivity contribution is 6.30. The zero-order valence-corrected chi connectivity index (χ0v) is 11.9. The molecule has 106 valence electrons. The van der Waals surface area contributed by atoms with Gasteiger partial charge in [0.1, 0.15) is 17.4 Å². The summed E-state index contributed by atoms with van der Waals surface area (Å²) in [6.07, 6.45) is 0. The number of methoxy groups -OCH3 is 1. The number of hydrogen-bond donors (Lipinski definition) is 1. The number of aromatic nitrogens is 2. The first-order valence-electron chi connectivity index (χ1n) is 6.15. The molecule has 2 N–H and O–H groups in total. The number of benzene rings is 2. The average molecular weight is 304 g/mol. The van der Waals surface area contributed by atoms with Crippen molar-refractivity contribution in [3.05, 3.63) is 47.2 Å². The third kappa shape index (κ3) is 2.48. The van der Waals surface area contributed by atoms with Crippen molar-refractivity contribution in [1.29, 1.82) is 0 Å². The first-order chi connectivity index (χ1) is 10.1. The first kappa shape index (κ1) is 13.6. The summed E-state index contributed by atoms with van der Waals surface area (Å²) < 4.78 is 18.6. The van der Waals surface area contributed by atoms with Crippen LogP contribution in [0.4, 0.5) is 10.2 Å². The van der Waals surface area contributed by atoms with Crippen LogP contribution in [0.5, 0.6) is 5.75 Å². The lowest BCUT2D eigenvalue weighted by Gasteiger charge is -2.09. The van der Waals surface area contributed by atoms with Crippen molar-refractivity contribution in [3.63, 3.8) is 0 Å². The van der Waals surface area contributed by atoms with Crippen LogP contribution in [0, 0.1) is 5.82 Å². The van der Waals surface area contributed by atoms with Gasteiger partial charge in [0.05, 0.1) is 18.2 Å². The molecule has 0 saturated carbocycles. The fraction of sp³-hybridized carbons (Fsp3) is 0.0667. The second-order valence-electron chi connectivity index (χ2n) is 4.44. The molecule has 0 aliphatic carbocycles. The molecule has 0 aliphatic heterocycles. The van der Waals surface area contributed by atoms with Gasteiger partial charge in [-0.05, 0) is 30.3 Å². The van der Waals surface area contributed by atoms with Gasteiger partial charge in [0.25, 0.3) is 0 Å². The molecule has 0 fully saturated rings. The molecule has 4 nitrogen and oxygen atoms in total. The van der Waals surface area contributed by atoms with Crippen molar-refractivity contribution < 1.29 is 9.13 Å². The zero-order valence-electron chi connectivity index (χ0n) is 11.1. The van der Waals surface area contributed by atoms with Gasteiger partial charge in [0, 0.05) is 16.5 Å². The average Bonchev–Trinajstić information content (AvgIpc) is 2.46. The van der Waals surface area contributed by atoms with Gasteiger partial charge < -0.3 is 10.5 Å². The van der Waals surface area contributed by atoms with E-state index in [2.05, 4.69) is 9.97 Å². The summed E-state index contributed by atoms with van der Waals surface area (Å²) in [5.41, 5.74) is 7.00. The Morgan fingerprint density at radius 1 is 1.14 bits per heavy atom. The highest BCUT2D eigenvalue weighted by Crippen LogP contribution is 2.32. The molecule has 0 atom stereocenters. The third-order valence-corrected chi connectivity index (χ3v) is 3.33.